The van der Waals surface area contributed by atoms with E-state index in [9.17, 15) is 9.59 Å². The highest BCUT2D eigenvalue weighted by molar-refractivity contribution is 5.86. The lowest BCUT2D eigenvalue weighted by molar-refractivity contribution is -0.134. The summed E-state index contributed by atoms with van der Waals surface area (Å²) in [5.41, 5.74) is 3.97. The predicted octanol–water partition coefficient (Wildman–Crippen LogP) is 4.13. The standard InChI is InChI=1S/C28H30N2O5/c1-33-25-16-22-13-14-30(18-23(22)17-26(25)34-2)27(31)24(15-20-9-5-3-6-10-20)29-28(32)35-19-21-11-7-4-8-12-21/h3-12,16-17,24H,13-15,18-19H2,1-2H3,(H,29,32)/t24-/m0/s1. The minimum absolute atomic E-state index is 0.137. The Bertz CT molecular complexity index is 1150. The number of methoxy groups -OCH3 is 2. The van der Waals surface area contributed by atoms with E-state index in [1.165, 1.54) is 0 Å². The highest BCUT2D eigenvalue weighted by Crippen LogP contribution is 2.33. The van der Waals surface area contributed by atoms with Gasteiger partial charge < -0.3 is 24.4 Å². The molecule has 0 fully saturated rings. The molecule has 0 radical (unpaired) electrons. The van der Waals surface area contributed by atoms with Gasteiger partial charge in [-0.2, -0.15) is 0 Å². The molecule has 1 atom stereocenters. The van der Waals surface area contributed by atoms with Gasteiger partial charge in [0.2, 0.25) is 5.91 Å². The maximum Gasteiger partial charge on any atom is 0.408 e. The van der Waals surface area contributed by atoms with Crippen LogP contribution in [0.25, 0.3) is 0 Å². The number of fused-ring (bicyclic) bond motifs is 1. The number of hydrogen-bond acceptors (Lipinski definition) is 5. The smallest absolute Gasteiger partial charge is 0.408 e. The van der Waals surface area contributed by atoms with E-state index in [0.29, 0.717) is 37.4 Å². The number of ether oxygens (including phenoxy) is 3. The third-order valence-electron chi connectivity index (χ3n) is 6.12. The minimum Gasteiger partial charge on any atom is -0.493 e. The van der Waals surface area contributed by atoms with Crippen molar-refractivity contribution in [3.8, 4) is 11.5 Å². The van der Waals surface area contributed by atoms with Crippen LogP contribution in [0, 0.1) is 0 Å². The summed E-state index contributed by atoms with van der Waals surface area (Å²) in [5, 5.41) is 2.80. The Kier molecular flexibility index (Phi) is 7.88. The van der Waals surface area contributed by atoms with Crippen LogP contribution in [0.2, 0.25) is 0 Å². The van der Waals surface area contributed by atoms with Crippen LogP contribution >= 0.6 is 0 Å². The fourth-order valence-electron chi connectivity index (χ4n) is 4.25. The van der Waals surface area contributed by atoms with Crippen molar-refractivity contribution in [2.75, 3.05) is 20.8 Å². The second kappa shape index (κ2) is 11.4. The van der Waals surface area contributed by atoms with Crippen molar-refractivity contribution in [2.45, 2.75) is 32.0 Å². The van der Waals surface area contributed by atoms with Crippen molar-refractivity contribution in [3.05, 3.63) is 95.1 Å². The number of alkyl carbamates (subject to hydrolysis) is 1. The highest BCUT2D eigenvalue weighted by atomic mass is 16.5. The van der Waals surface area contributed by atoms with E-state index in [-0.39, 0.29) is 12.5 Å². The second-order valence-electron chi connectivity index (χ2n) is 8.43. The molecule has 35 heavy (non-hydrogen) atoms. The molecular formula is C28H30N2O5. The van der Waals surface area contributed by atoms with Gasteiger partial charge in [0.1, 0.15) is 12.6 Å². The van der Waals surface area contributed by atoms with Crippen LogP contribution in [0.5, 0.6) is 11.5 Å². The molecule has 1 N–H and O–H groups in total. The van der Waals surface area contributed by atoms with E-state index in [4.69, 9.17) is 14.2 Å². The van der Waals surface area contributed by atoms with E-state index >= 15 is 0 Å². The first kappa shape index (κ1) is 24.1. The molecule has 3 aromatic rings. The zero-order chi connectivity index (χ0) is 24.6. The van der Waals surface area contributed by atoms with Gasteiger partial charge in [0.25, 0.3) is 0 Å². The Morgan fingerprint density at radius 1 is 0.886 bits per heavy atom. The molecule has 0 unspecified atom stereocenters. The van der Waals surface area contributed by atoms with Crippen LogP contribution in [0.4, 0.5) is 4.79 Å². The SMILES string of the molecule is COc1cc2c(cc1OC)CN(C(=O)[C@H](Cc1ccccc1)NC(=O)OCc1ccccc1)CC2. The molecule has 0 aromatic heterocycles. The molecule has 1 aliphatic rings. The largest absolute Gasteiger partial charge is 0.493 e. The summed E-state index contributed by atoms with van der Waals surface area (Å²) < 4.78 is 16.2. The lowest BCUT2D eigenvalue weighted by Gasteiger charge is -2.32. The fourth-order valence-corrected chi connectivity index (χ4v) is 4.25. The van der Waals surface area contributed by atoms with E-state index in [1.54, 1.807) is 19.1 Å². The normalized spacial score (nSPS) is 13.4. The van der Waals surface area contributed by atoms with Crippen molar-refractivity contribution < 1.29 is 23.8 Å². The molecule has 0 saturated heterocycles. The maximum atomic E-state index is 13.6. The zero-order valence-electron chi connectivity index (χ0n) is 20.0. The summed E-state index contributed by atoms with van der Waals surface area (Å²) in [6.07, 6.45) is 0.444. The number of amides is 2. The number of benzene rings is 3. The van der Waals surface area contributed by atoms with Crippen LogP contribution in [0.15, 0.2) is 72.8 Å². The number of carbonyl (C=O) groups excluding carboxylic acids is 2. The van der Waals surface area contributed by atoms with Gasteiger partial charge in [0.05, 0.1) is 14.2 Å². The van der Waals surface area contributed by atoms with Crippen LogP contribution in [-0.4, -0.2) is 43.7 Å². The van der Waals surface area contributed by atoms with E-state index in [0.717, 1.165) is 22.3 Å². The third-order valence-corrected chi connectivity index (χ3v) is 6.12. The average Bonchev–Trinajstić information content (AvgIpc) is 2.91. The van der Waals surface area contributed by atoms with E-state index in [1.807, 2.05) is 72.8 Å². The lowest BCUT2D eigenvalue weighted by atomic mass is 9.97. The molecule has 3 aromatic carbocycles. The molecule has 182 valence electrons. The third kappa shape index (κ3) is 6.12. The van der Waals surface area contributed by atoms with Crippen molar-refractivity contribution >= 4 is 12.0 Å². The summed E-state index contributed by atoms with van der Waals surface area (Å²) in [7, 11) is 3.20. The van der Waals surface area contributed by atoms with Gasteiger partial charge in [-0.05, 0) is 40.8 Å². The lowest BCUT2D eigenvalue weighted by Crippen LogP contribution is -2.51. The van der Waals surface area contributed by atoms with Crippen LogP contribution in [0.1, 0.15) is 22.3 Å². The monoisotopic (exact) mass is 474 g/mol. The molecule has 2 amide bonds. The quantitative estimate of drug-likeness (QED) is 0.531. The number of rotatable bonds is 8. The van der Waals surface area contributed by atoms with Crippen LogP contribution in [0.3, 0.4) is 0 Å². The predicted molar refractivity (Wildman–Crippen MR) is 132 cm³/mol. The Labute approximate surface area is 205 Å². The Morgan fingerprint density at radius 2 is 1.49 bits per heavy atom. The molecule has 1 aliphatic heterocycles. The molecule has 1 heterocycles. The first-order valence-corrected chi connectivity index (χ1v) is 11.6. The molecule has 0 spiro atoms. The molecular weight excluding hydrogens is 444 g/mol. The van der Waals surface area contributed by atoms with Crippen LogP contribution in [-0.2, 0) is 35.5 Å². The van der Waals surface area contributed by atoms with Crippen molar-refractivity contribution in [1.82, 2.24) is 10.2 Å². The molecule has 4 rings (SSSR count). The molecule has 0 saturated carbocycles. The fraction of sp³-hybridized carbons (Fsp3) is 0.286. The van der Waals surface area contributed by atoms with Crippen LogP contribution < -0.4 is 14.8 Å². The van der Waals surface area contributed by atoms with Gasteiger partial charge in [-0.25, -0.2) is 4.79 Å². The maximum absolute atomic E-state index is 13.6. The Hall–Kier alpha value is -4.00. The first-order chi connectivity index (χ1) is 17.1. The zero-order valence-corrected chi connectivity index (χ0v) is 20.0. The summed E-state index contributed by atoms with van der Waals surface area (Å²) in [6, 6.07) is 22.2. The summed E-state index contributed by atoms with van der Waals surface area (Å²) in [4.78, 5) is 28.0. The Balaban J connectivity index is 1.48. The Morgan fingerprint density at radius 3 is 2.11 bits per heavy atom. The summed E-state index contributed by atoms with van der Waals surface area (Å²) in [5.74, 6) is 1.16. The van der Waals surface area contributed by atoms with Gasteiger partial charge in [-0.15, -0.1) is 0 Å². The van der Waals surface area contributed by atoms with E-state index < -0.39 is 12.1 Å². The molecule has 7 heteroatoms. The van der Waals surface area contributed by atoms with Gasteiger partial charge in [-0.1, -0.05) is 60.7 Å². The molecule has 0 aliphatic carbocycles. The number of hydrogen-bond donors (Lipinski definition) is 1. The van der Waals surface area contributed by atoms with Crippen molar-refractivity contribution in [2.24, 2.45) is 0 Å². The van der Waals surface area contributed by atoms with E-state index in [2.05, 4.69) is 5.32 Å². The topological polar surface area (TPSA) is 77.1 Å². The molecule has 7 nitrogen and oxygen atoms in total. The van der Waals surface area contributed by atoms with Gasteiger partial charge >= 0.3 is 6.09 Å². The van der Waals surface area contributed by atoms with Crippen molar-refractivity contribution in [1.29, 1.82) is 0 Å². The average molecular weight is 475 g/mol. The van der Waals surface area contributed by atoms with Gasteiger partial charge in [0, 0.05) is 19.5 Å². The number of nitrogens with zero attached hydrogens (tertiary/aromatic N) is 1. The van der Waals surface area contributed by atoms with Gasteiger partial charge in [-0.3, -0.25) is 4.79 Å². The summed E-state index contributed by atoms with van der Waals surface area (Å²) >= 11 is 0. The minimum atomic E-state index is -0.748. The summed E-state index contributed by atoms with van der Waals surface area (Å²) in [6.45, 7) is 1.12. The second-order valence-corrected chi connectivity index (χ2v) is 8.43. The number of carbonyl (C=O) groups is 2. The van der Waals surface area contributed by atoms with Crippen molar-refractivity contribution in [3.63, 3.8) is 0 Å². The highest BCUT2D eigenvalue weighted by Gasteiger charge is 2.30. The molecule has 0 bridgehead atoms. The first-order valence-electron chi connectivity index (χ1n) is 11.6. The number of nitrogens with one attached hydrogen (secondary N) is 1. The van der Waals surface area contributed by atoms with Gasteiger partial charge in [0.15, 0.2) is 11.5 Å².